The quantitative estimate of drug-likeness (QED) is 0.880. The lowest BCUT2D eigenvalue weighted by Crippen LogP contribution is -2.30. The highest BCUT2D eigenvalue weighted by atomic mass is 19.1. The molecule has 1 amide bonds. The van der Waals surface area contributed by atoms with Crippen molar-refractivity contribution < 1.29 is 18.7 Å². The predicted molar refractivity (Wildman–Crippen MR) is 81.1 cm³/mol. The minimum atomic E-state index is -1.12. The van der Waals surface area contributed by atoms with Crippen LogP contribution in [0, 0.1) is 17.1 Å². The van der Waals surface area contributed by atoms with Crippen LogP contribution in [0.2, 0.25) is 0 Å². The van der Waals surface area contributed by atoms with E-state index in [-0.39, 0.29) is 5.56 Å². The Bertz CT molecular complexity index is 783. The summed E-state index contributed by atoms with van der Waals surface area (Å²) >= 11 is 0. The van der Waals surface area contributed by atoms with Gasteiger partial charge in [0.1, 0.15) is 5.82 Å². The Labute approximate surface area is 132 Å². The number of nitriles is 1. The number of amides is 1. The van der Waals surface area contributed by atoms with Gasteiger partial charge in [0.2, 0.25) is 0 Å². The number of hydrogen-bond acceptors (Lipinski definition) is 4. The van der Waals surface area contributed by atoms with E-state index in [4.69, 9.17) is 10.00 Å². The van der Waals surface area contributed by atoms with Gasteiger partial charge in [0, 0.05) is 5.69 Å². The third-order valence-corrected chi connectivity index (χ3v) is 3.01. The normalized spacial score (nSPS) is 11.2. The van der Waals surface area contributed by atoms with Gasteiger partial charge in [0.05, 0.1) is 17.2 Å². The van der Waals surface area contributed by atoms with Gasteiger partial charge in [0.15, 0.2) is 6.10 Å². The molecule has 0 aliphatic heterocycles. The zero-order chi connectivity index (χ0) is 16.8. The minimum absolute atomic E-state index is 0.237. The summed E-state index contributed by atoms with van der Waals surface area (Å²) in [6.45, 7) is 1.38. The summed E-state index contributed by atoms with van der Waals surface area (Å²) in [5, 5.41) is 11.3. The first-order valence-corrected chi connectivity index (χ1v) is 6.78. The van der Waals surface area contributed by atoms with Crippen LogP contribution in [0.3, 0.4) is 0 Å². The Hall–Kier alpha value is -3.20. The summed E-state index contributed by atoms with van der Waals surface area (Å²) in [5.41, 5.74) is 0.556. The lowest BCUT2D eigenvalue weighted by Gasteiger charge is -2.14. The van der Waals surface area contributed by atoms with Crippen LogP contribution < -0.4 is 5.32 Å². The van der Waals surface area contributed by atoms with Gasteiger partial charge in [0.25, 0.3) is 5.91 Å². The van der Waals surface area contributed by atoms with E-state index in [0.717, 1.165) is 6.07 Å². The van der Waals surface area contributed by atoms with Crippen LogP contribution in [0.25, 0.3) is 0 Å². The molecule has 1 N–H and O–H groups in total. The van der Waals surface area contributed by atoms with E-state index < -0.39 is 23.8 Å². The molecule has 0 bridgehead atoms. The van der Waals surface area contributed by atoms with Crippen molar-refractivity contribution >= 4 is 17.6 Å². The monoisotopic (exact) mass is 312 g/mol. The number of hydrogen-bond donors (Lipinski definition) is 1. The zero-order valence-corrected chi connectivity index (χ0v) is 12.2. The van der Waals surface area contributed by atoms with Crippen molar-refractivity contribution in [1.82, 2.24) is 0 Å². The van der Waals surface area contributed by atoms with Crippen molar-refractivity contribution in [2.75, 3.05) is 5.32 Å². The van der Waals surface area contributed by atoms with Gasteiger partial charge in [-0.15, -0.1) is 0 Å². The number of nitrogens with zero attached hydrogens (tertiary/aromatic N) is 1. The fraction of sp³-hybridized carbons (Fsp3) is 0.118. The molecule has 0 saturated heterocycles. The van der Waals surface area contributed by atoms with E-state index in [1.807, 2.05) is 6.07 Å². The first kappa shape index (κ1) is 16.2. The lowest BCUT2D eigenvalue weighted by molar-refractivity contribution is -0.123. The number of carbonyl (C=O) groups is 2. The van der Waals surface area contributed by atoms with Crippen molar-refractivity contribution in [2.24, 2.45) is 0 Å². The number of esters is 1. The number of benzene rings is 2. The van der Waals surface area contributed by atoms with E-state index >= 15 is 0 Å². The summed E-state index contributed by atoms with van der Waals surface area (Å²) in [6, 6.07) is 13.6. The maximum atomic E-state index is 13.5. The van der Waals surface area contributed by atoms with Gasteiger partial charge in [-0.25, -0.2) is 9.18 Å². The van der Waals surface area contributed by atoms with Gasteiger partial charge in [-0.3, -0.25) is 4.79 Å². The Morgan fingerprint density at radius 3 is 2.65 bits per heavy atom. The highest BCUT2D eigenvalue weighted by Crippen LogP contribution is 2.12. The molecule has 0 radical (unpaired) electrons. The van der Waals surface area contributed by atoms with Gasteiger partial charge < -0.3 is 10.1 Å². The molecule has 0 aliphatic carbocycles. The molecular formula is C17H13FN2O3. The highest BCUT2D eigenvalue weighted by molar-refractivity contribution is 5.97. The van der Waals surface area contributed by atoms with Crippen LogP contribution in [0.5, 0.6) is 0 Å². The first-order chi connectivity index (χ1) is 11.0. The van der Waals surface area contributed by atoms with Crippen molar-refractivity contribution in [1.29, 1.82) is 5.26 Å². The summed E-state index contributed by atoms with van der Waals surface area (Å²) < 4.78 is 18.4. The molecule has 0 aliphatic rings. The van der Waals surface area contributed by atoms with E-state index in [2.05, 4.69) is 5.32 Å². The molecule has 0 spiro atoms. The maximum Gasteiger partial charge on any atom is 0.341 e. The molecule has 116 valence electrons. The maximum absolute atomic E-state index is 13.5. The Morgan fingerprint density at radius 1 is 1.22 bits per heavy atom. The van der Waals surface area contributed by atoms with Crippen LogP contribution in [0.1, 0.15) is 22.8 Å². The fourth-order valence-corrected chi connectivity index (χ4v) is 1.81. The summed E-state index contributed by atoms with van der Waals surface area (Å²) in [4.78, 5) is 23.8. The van der Waals surface area contributed by atoms with Gasteiger partial charge in [-0.1, -0.05) is 18.2 Å². The fourth-order valence-electron chi connectivity index (χ4n) is 1.81. The van der Waals surface area contributed by atoms with E-state index in [0.29, 0.717) is 11.3 Å². The molecule has 0 unspecified atom stereocenters. The number of anilines is 1. The molecule has 0 heterocycles. The number of rotatable bonds is 4. The summed E-state index contributed by atoms with van der Waals surface area (Å²) in [5.74, 6) is -2.21. The van der Waals surface area contributed by atoms with Crippen molar-refractivity contribution in [3.05, 3.63) is 65.5 Å². The van der Waals surface area contributed by atoms with Crippen LogP contribution in [0.4, 0.5) is 10.1 Å². The molecule has 5 nitrogen and oxygen atoms in total. The number of ether oxygens (including phenoxy) is 1. The van der Waals surface area contributed by atoms with E-state index in [9.17, 15) is 14.0 Å². The van der Waals surface area contributed by atoms with E-state index in [1.165, 1.54) is 31.2 Å². The molecule has 0 saturated carbocycles. The average Bonchev–Trinajstić information content (AvgIpc) is 2.55. The number of carbonyl (C=O) groups excluding carboxylic acids is 2. The van der Waals surface area contributed by atoms with Crippen molar-refractivity contribution in [3.8, 4) is 6.07 Å². The molecule has 2 aromatic carbocycles. The Morgan fingerprint density at radius 2 is 1.96 bits per heavy atom. The highest BCUT2D eigenvalue weighted by Gasteiger charge is 2.21. The lowest BCUT2D eigenvalue weighted by atomic mass is 10.2. The van der Waals surface area contributed by atoms with Gasteiger partial charge in [-0.05, 0) is 37.3 Å². The van der Waals surface area contributed by atoms with Gasteiger partial charge in [-0.2, -0.15) is 5.26 Å². The molecule has 0 fully saturated rings. The topological polar surface area (TPSA) is 79.2 Å². The number of nitrogens with one attached hydrogen (secondary N) is 1. The SMILES string of the molecule is C[C@H](OC(=O)c1ccccc1F)C(=O)Nc1cccc(C#N)c1. The van der Waals surface area contributed by atoms with Gasteiger partial charge >= 0.3 is 5.97 Å². The van der Waals surface area contributed by atoms with E-state index in [1.54, 1.807) is 18.2 Å². The summed E-state index contributed by atoms with van der Waals surface area (Å²) in [6.07, 6.45) is -1.12. The second-order valence-electron chi connectivity index (χ2n) is 4.71. The van der Waals surface area contributed by atoms with Crippen LogP contribution in [-0.4, -0.2) is 18.0 Å². The molecule has 0 aromatic heterocycles. The standard InChI is InChI=1S/C17H13FN2O3/c1-11(23-17(22)14-7-2-3-8-15(14)18)16(21)20-13-6-4-5-12(9-13)10-19/h2-9,11H,1H3,(H,20,21)/t11-/m0/s1. The Balaban J connectivity index is 2.01. The number of halogens is 1. The Kier molecular flexibility index (Phi) is 5.05. The molecular weight excluding hydrogens is 299 g/mol. The molecule has 23 heavy (non-hydrogen) atoms. The van der Waals surface area contributed by atoms with Crippen molar-refractivity contribution in [3.63, 3.8) is 0 Å². The average molecular weight is 312 g/mol. The van der Waals surface area contributed by atoms with Crippen LogP contribution in [0.15, 0.2) is 48.5 Å². The largest absolute Gasteiger partial charge is 0.449 e. The minimum Gasteiger partial charge on any atom is -0.449 e. The molecule has 6 heteroatoms. The second-order valence-corrected chi connectivity index (χ2v) is 4.71. The molecule has 1 atom stereocenters. The smallest absolute Gasteiger partial charge is 0.341 e. The second kappa shape index (κ2) is 7.18. The zero-order valence-electron chi connectivity index (χ0n) is 12.2. The third kappa shape index (κ3) is 4.14. The van der Waals surface area contributed by atoms with Crippen molar-refractivity contribution in [2.45, 2.75) is 13.0 Å². The van der Waals surface area contributed by atoms with Crippen LogP contribution in [-0.2, 0) is 9.53 Å². The third-order valence-electron chi connectivity index (χ3n) is 3.01. The molecule has 2 aromatic rings. The van der Waals surface area contributed by atoms with Crippen LogP contribution >= 0.6 is 0 Å². The molecule has 2 rings (SSSR count). The first-order valence-electron chi connectivity index (χ1n) is 6.78. The summed E-state index contributed by atoms with van der Waals surface area (Å²) in [7, 11) is 0. The predicted octanol–water partition coefficient (Wildman–Crippen LogP) is 2.88.